The number of halogens is 1. The van der Waals surface area contributed by atoms with E-state index >= 15 is 0 Å². The van der Waals surface area contributed by atoms with Crippen LogP contribution in [0.15, 0.2) is 23.2 Å². The average Bonchev–Trinajstić information content (AvgIpc) is 2.39. The molecule has 19 heavy (non-hydrogen) atoms. The van der Waals surface area contributed by atoms with Gasteiger partial charge >= 0.3 is 0 Å². The molecule has 4 nitrogen and oxygen atoms in total. The molecular formula is C12H17ClN2O2S2. The summed E-state index contributed by atoms with van der Waals surface area (Å²) < 4.78 is 27.4. The Hall–Kier alpha value is -0.300. The molecule has 1 fully saturated rings. The summed E-state index contributed by atoms with van der Waals surface area (Å²) in [5.41, 5.74) is 0. The largest absolute Gasteiger partial charge is 0.244 e. The van der Waals surface area contributed by atoms with Crippen molar-refractivity contribution in [2.45, 2.75) is 41.9 Å². The van der Waals surface area contributed by atoms with Gasteiger partial charge in [0, 0.05) is 17.5 Å². The first-order valence-electron chi connectivity index (χ1n) is 6.19. The third-order valence-corrected chi connectivity index (χ3v) is 6.18. The van der Waals surface area contributed by atoms with E-state index in [9.17, 15) is 8.42 Å². The van der Waals surface area contributed by atoms with Crippen molar-refractivity contribution in [1.29, 1.82) is 0 Å². The van der Waals surface area contributed by atoms with Crippen LogP contribution in [-0.4, -0.2) is 30.9 Å². The van der Waals surface area contributed by atoms with Crippen molar-refractivity contribution in [1.82, 2.24) is 9.71 Å². The Bertz CT molecular complexity index is 536. The van der Waals surface area contributed by atoms with Crippen LogP contribution in [0.4, 0.5) is 0 Å². The van der Waals surface area contributed by atoms with Crippen LogP contribution < -0.4 is 4.72 Å². The summed E-state index contributed by atoms with van der Waals surface area (Å²) in [4.78, 5) is 3.98. The maximum Gasteiger partial charge on any atom is 0.241 e. The Morgan fingerprint density at radius 1 is 1.42 bits per heavy atom. The lowest BCUT2D eigenvalue weighted by atomic mass is 9.96. The number of aromatic nitrogens is 1. The zero-order valence-corrected chi connectivity index (χ0v) is 13.1. The zero-order chi connectivity index (χ0) is 13.9. The predicted octanol–water partition coefficient (Wildman–Crippen LogP) is 2.69. The highest BCUT2D eigenvalue weighted by Crippen LogP contribution is 2.28. The van der Waals surface area contributed by atoms with Crippen molar-refractivity contribution < 1.29 is 8.42 Å². The van der Waals surface area contributed by atoms with Gasteiger partial charge in [-0.25, -0.2) is 18.1 Å². The molecular weight excluding hydrogens is 304 g/mol. The van der Waals surface area contributed by atoms with Gasteiger partial charge in [-0.1, -0.05) is 24.4 Å². The molecule has 1 aliphatic carbocycles. The van der Waals surface area contributed by atoms with Gasteiger partial charge in [0.15, 0.2) is 0 Å². The maximum absolute atomic E-state index is 12.3. The van der Waals surface area contributed by atoms with Crippen LogP contribution in [0.2, 0.25) is 5.15 Å². The first kappa shape index (κ1) is 15.1. The quantitative estimate of drug-likeness (QED) is 0.867. The van der Waals surface area contributed by atoms with Crippen LogP contribution in [0.3, 0.4) is 0 Å². The number of thioether (sulfide) groups is 1. The molecule has 1 heterocycles. The van der Waals surface area contributed by atoms with Crippen LogP contribution in [-0.2, 0) is 10.0 Å². The fourth-order valence-electron chi connectivity index (χ4n) is 2.33. The van der Waals surface area contributed by atoms with Crippen molar-refractivity contribution in [2.75, 3.05) is 6.26 Å². The van der Waals surface area contributed by atoms with Crippen LogP contribution in [0.5, 0.6) is 0 Å². The van der Waals surface area contributed by atoms with Crippen molar-refractivity contribution in [3.8, 4) is 0 Å². The van der Waals surface area contributed by atoms with Gasteiger partial charge < -0.3 is 0 Å². The van der Waals surface area contributed by atoms with Crippen LogP contribution in [0.1, 0.15) is 25.7 Å². The minimum atomic E-state index is -3.51. The fraction of sp³-hybridized carbons (Fsp3) is 0.583. The highest BCUT2D eigenvalue weighted by molar-refractivity contribution is 7.99. The second kappa shape index (κ2) is 6.43. The third-order valence-electron chi connectivity index (χ3n) is 3.32. The summed E-state index contributed by atoms with van der Waals surface area (Å²) in [5.74, 6) is 0. The number of pyridine rings is 1. The molecule has 2 atom stereocenters. The lowest BCUT2D eigenvalue weighted by Crippen LogP contribution is -2.43. The Labute approximate surface area is 123 Å². The van der Waals surface area contributed by atoms with E-state index in [4.69, 9.17) is 11.6 Å². The monoisotopic (exact) mass is 320 g/mol. The number of nitrogens with one attached hydrogen (secondary N) is 1. The summed E-state index contributed by atoms with van der Waals surface area (Å²) >= 11 is 7.47. The van der Waals surface area contributed by atoms with Gasteiger partial charge in [-0.2, -0.15) is 11.8 Å². The Morgan fingerprint density at radius 2 is 2.16 bits per heavy atom. The first-order valence-corrected chi connectivity index (χ1v) is 9.34. The zero-order valence-electron chi connectivity index (χ0n) is 10.7. The lowest BCUT2D eigenvalue weighted by molar-refractivity contribution is 0.423. The Balaban J connectivity index is 2.16. The third kappa shape index (κ3) is 3.84. The van der Waals surface area contributed by atoms with Crippen molar-refractivity contribution in [2.24, 2.45) is 0 Å². The Kier molecular flexibility index (Phi) is 5.11. The van der Waals surface area contributed by atoms with E-state index < -0.39 is 10.0 Å². The molecule has 0 saturated heterocycles. The molecule has 1 aromatic rings. The van der Waals surface area contributed by atoms with Crippen molar-refractivity contribution in [3.63, 3.8) is 0 Å². The normalized spacial score (nSPS) is 24.3. The number of nitrogens with zero attached hydrogens (tertiary/aromatic N) is 1. The highest BCUT2D eigenvalue weighted by Gasteiger charge is 2.29. The Morgan fingerprint density at radius 3 is 2.84 bits per heavy atom. The van der Waals surface area contributed by atoms with Gasteiger partial charge in [-0.15, -0.1) is 0 Å². The minimum Gasteiger partial charge on any atom is -0.244 e. The summed E-state index contributed by atoms with van der Waals surface area (Å²) in [6.07, 6.45) is 7.63. The van der Waals surface area contributed by atoms with E-state index in [2.05, 4.69) is 9.71 Å². The second-order valence-electron chi connectivity index (χ2n) is 4.60. The van der Waals surface area contributed by atoms with Crippen LogP contribution in [0.25, 0.3) is 0 Å². The van der Waals surface area contributed by atoms with Gasteiger partial charge in [-0.3, -0.25) is 0 Å². The molecule has 1 aromatic heterocycles. The molecule has 1 saturated carbocycles. The summed E-state index contributed by atoms with van der Waals surface area (Å²) in [6, 6.07) is 2.84. The molecule has 1 aliphatic rings. The maximum atomic E-state index is 12.3. The van der Waals surface area contributed by atoms with Gasteiger partial charge in [0.05, 0.1) is 4.90 Å². The number of sulfonamides is 1. The number of rotatable bonds is 4. The van der Waals surface area contributed by atoms with E-state index in [0.29, 0.717) is 5.25 Å². The smallest absolute Gasteiger partial charge is 0.241 e. The number of hydrogen-bond donors (Lipinski definition) is 1. The molecule has 0 aromatic carbocycles. The second-order valence-corrected chi connectivity index (χ2v) is 7.78. The van der Waals surface area contributed by atoms with E-state index in [1.54, 1.807) is 11.8 Å². The molecule has 0 radical (unpaired) electrons. The van der Waals surface area contributed by atoms with E-state index in [1.807, 2.05) is 6.26 Å². The van der Waals surface area contributed by atoms with Gasteiger partial charge in [0.2, 0.25) is 10.0 Å². The molecule has 2 rings (SSSR count). The molecule has 7 heteroatoms. The lowest BCUT2D eigenvalue weighted by Gasteiger charge is -2.30. The van der Waals surface area contributed by atoms with Crippen LogP contribution in [0, 0.1) is 0 Å². The minimum absolute atomic E-state index is 0.000640. The number of hydrogen-bond acceptors (Lipinski definition) is 4. The highest BCUT2D eigenvalue weighted by atomic mass is 35.5. The van der Waals surface area contributed by atoms with Crippen molar-refractivity contribution >= 4 is 33.4 Å². The molecule has 106 valence electrons. The van der Waals surface area contributed by atoms with Gasteiger partial charge in [0.25, 0.3) is 0 Å². The standard InChI is InChI=1S/C12H17ClN2O2S2/c1-18-11-5-3-2-4-10(11)15-19(16,17)9-6-7-14-12(13)8-9/h6-8,10-11,15H,2-5H2,1H3. The molecule has 0 aliphatic heterocycles. The summed E-state index contributed by atoms with van der Waals surface area (Å²) in [7, 11) is -3.51. The fourth-order valence-corrected chi connectivity index (χ4v) is 4.92. The van der Waals surface area contributed by atoms with Crippen LogP contribution >= 0.6 is 23.4 Å². The van der Waals surface area contributed by atoms with E-state index in [0.717, 1.165) is 19.3 Å². The van der Waals surface area contributed by atoms with Crippen molar-refractivity contribution in [3.05, 3.63) is 23.5 Å². The van der Waals surface area contributed by atoms with E-state index in [-0.39, 0.29) is 16.1 Å². The molecule has 1 N–H and O–H groups in total. The topological polar surface area (TPSA) is 59.1 Å². The predicted molar refractivity (Wildman–Crippen MR) is 79.1 cm³/mol. The molecule has 0 amide bonds. The summed E-state index contributed by atoms with van der Waals surface area (Å²) in [5, 5.41) is 0.536. The van der Waals surface area contributed by atoms with Gasteiger partial charge in [-0.05, 0) is 31.2 Å². The molecule has 2 unspecified atom stereocenters. The van der Waals surface area contributed by atoms with E-state index in [1.165, 1.54) is 24.8 Å². The SMILES string of the molecule is CSC1CCCCC1NS(=O)(=O)c1ccnc(Cl)c1. The average molecular weight is 321 g/mol. The molecule has 0 bridgehead atoms. The first-order chi connectivity index (χ1) is 9.03. The van der Waals surface area contributed by atoms with Gasteiger partial charge in [0.1, 0.15) is 5.15 Å². The summed E-state index contributed by atoms with van der Waals surface area (Å²) in [6.45, 7) is 0. The molecule has 0 spiro atoms.